The van der Waals surface area contributed by atoms with E-state index < -0.39 is 38.8 Å². The number of anilines is 1. The number of cyclic esters (lactones) is 1. The van der Waals surface area contributed by atoms with Crippen molar-refractivity contribution < 1.29 is 37.4 Å². The van der Waals surface area contributed by atoms with E-state index in [1.54, 1.807) is 25.1 Å². The number of carbonyl (C=O) groups excluding carboxylic acids is 3. The summed E-state index contributed by atoms with van der Waals surface area (Å²) in [5, 5.41) is 12.1. The Bertz CT molecular complexity index is 1700. The lowest BCUT2D eigenvalue weighted by atomic mass is 9.62. The number of hydrogen-bond acceptors (Lipinski definition) is 9. The summed E-state index contributed by atoms with van der Waals surface area (Å²) in [6.45, 7) is 5.14. The number of benzene rings is 2. The van der Waals surface area contributed by atoms with Gasteiger partial charge in [0.1, 0.15) is 19.0 Å². The number of hydrogen-bond donors (Lipinski definition) is 2. The molecule has 2 N–H and O–H groups in total. The van der Waals surface area contributed by atoms with Crippen LogP contribution in [0.4, 0.5) is 10.5 Å². The van der Waals surface area contributed by atoms with Gasteiger partial charge in [0.25, 0.3) is 5.91 Å². The van der Waals surface area contributed by atoms with Gasteiger partial charge in [0.05, 0.1) is 29.5 Å². The SMILES string of the molecule is C[C@@H]1[C@@H](C)CCC[C@](O)(CC(=O)N2CCOC2=O)[C@@H]2CC[C@H]2CN2CCCCc3cc(Cl)ccc3COc3ccc(cc32)C(=O)NS1(=O)=O. The van der Waals surface area contributed by atoms with Crippen LogP contribution in [0.2, 0.25) is 5.02 Å². The lowest BCUT2D eigenvalue weighted by Crippen LogP contribution is -2.53. The highest BCUT2D eigenvalue weighted by molar-refractivity contribution is 7.90. The van der Waals surface area contributed by atoms with Crippen LogP contribution in [0.15, 0.2) is 36.4 Å². The van der Waals surface area contributed by atoms with Crippen molar-refractivity contribution in [2.24, 2.45) is 17.8 Å². The van der Waals surface area contributed by atoms with Gasteiger partial charge in [-0.15, -0.1) is 0 Å². The average Bonchev–Trinajstić information content (AvgIpc) is 3.46. The number of nitrogens with one attached hydrogen (secondary N) is 1. The second kappa shape index (κ2) is 14.5. The number of sulfonamides is 1. The number of imide groups is 1. The largest absolute Gasteiger partial charge is 0.487 e. The van der Waals surface area contributed by atoms with E-state index in [0.29, 0.717) is 42.4 Å². The van der Waals surface area contributed by atoms with Gasteiger partial charge in [0.2, 0.25) is 15.9 Å². The van der Waals surface area contributed by atoms with Gasteiger partial charge in [-0.3, -0.25) is 9.59 Å². The number of nitrogens with zero attached hydrogens (tertiary/aromatic N) is 2. The number of fused-ring (bicyclic) bond motifs is 3. The van der Waals surface area contributed by atoms with E-state index in [2.05, 4.69) is 9.62 Å². The van der Waals surface area contributed by atoms with Gasteiger partial charge < -0.3 is 19.5 Å². The molecule has 0 aromatic heterocycles. The zero-order chi connectivity index (χ0) is 34.9. The normalized spacial score (nSPS) is 29.2. The van der Waals surface area contributed by atoms with Crippen molar-refractivity contribution >= 4 is 45.2 Å². The first-order valence-electron chi connectivity index (χ1n) is 17.4. The minimum Gasteiger partial charge on any atom is -0.487 e. The number of rotatable bonds is 2. The molecule has 0 spiro atoms. The molecule has 4 aliphatic rings. The summed E-state index contributed by atoms with van der Waals surface area (Å²) in [5.41, 5.74) is 1.61. The second-order valence-corrected chi connectivity index (χ2v) is 16.7. The van der Waals surface area contributed by atoms with Gasteiger partial charge in [-0.25, -0.2) is 22.8 Å². The fourth-order valence-electron chi connectivity index (χ4n) is 7.79. The van der Waals surface area contributed by atoms with Crippen LogP contribution in [0.3, 0.4) is 0 Å². The maximum Gasteiger partial charge on any atom is 0.416 e. The van der Waals surface area contributed by atoms with Crippen molar-refractivity contribution in [2.45, 2.75) is 89.1 Å². The molecule has 49 heavy (non-hydrogen) atoms. The third kappa shape index (κ3) is 7.71. The Morgan fingerprint density at radius 1 is 1.02 bits per heavy atom. The molecule has 2 bridgehead atoms. The fraction of sp³-hybridized carbons (Fsp3) is 0.583. The van der Waals surface area contributed by atoms with Crippen LogP contribution in [-0.4, -0.2) is 73.4 Å². The highest BCUT2D eigenvalue weighted by Gasteiger charge is 2.49. The minimum absolute atomic E-state index is 0.0272. The Kier molecular flexibility index (Phi) is 10.5. The molecule has 2 fully saturated rings. The topological polar surface area (TPSA) is 143 Å². The Hall–Kier alpha value is -3.35. The van der Waals surface area contributed by atoms with Crippen molar-refractivity contribution in [1.82, 2.24) is 9.62 Å². The molecule has 3 heterocycles. The summed E-state index contributed by atoms with van der Waals surface area (Å²) >= 11 is 6.34. The molecular weight excluding hydrogens is 670 g/mol. The zero-order valence-corrected chi connectivity index (χ0v) is 29.7. The van der Waals surface area contributed by atoms with E-state index in [0.717, 1.165) is 48.1 Å². The van der Waals surface area contributed by atoms with Crippen LogP contribution in [-0.2, 0) is 32.6 Å². The highest BCUT2D eigenvalue weighted by Crippen LogP contribution is 2.47. The third-order valence-electron chi connectivity index (χ3n) is 11.1. The Labute approximate surface area is 293 Å². The van der Waals surface area contributed by atoms with Crippen LogP contribution >= 0.6 is 11.6 Å². The van der Waals surface area contributed by atoms with E-state index in [1.165, 1.54) is 0 Å². The van der Waals surface area contributed by atoms with Gasteiger partial charge in [-0.2, -0.15) is 0 Å². The van der Waals surface area contributed by atoms with Gasteiger partial charge >= 0.3 is 6.09 Å². The van der Waals surface area contributed by atoms with Crippen LogP contribution in [0.25, 0.3) is 0 Å². The van der Waals surface area contributed by atoms with Crippen LogP contribution in [0, 0.1) is 17.8 Å². The molecule has 13 heteroatoms. The first kappa shape index (κ1) is 35.5. The van der Waals surface area contributed by atoms with Crippen LogP contribution in [0.5, 0.6) is 5.75 Å². The molecule has 2 aromatic rings. The zero-order valence-electron chi connectivity index (χ0n) is 28.2. The summed E-state index contributed by atoms with van der Waals surface area (Å²) in [5.74, 6) is -1.13. The molecular formula is C36H46ClN3O8S. The van der Waals surface area contributed by atoms with Gasteiger partial charge in [0.15, 0.2) is 0 Å². The van der Waals surface area contributed by atoms with Gasteiger partial charge in [-0.05, 0) is 111 Å². The lowest BCUT2D eigenvalue weighted by Gasteiger charge is -2.49. The molecule has 1 saturated carbocycles. The molecule has 2 aromatic carbocycles. The summed E-state index contributed by atoms with van der Waals surface area (Å²) in [6, 6.07) is 10.8. The monoisotopic (exact) mass is 715 g/mol. The smallest absolute Gasteiger partial charge is 0.416 e. The average molecular weight is 716 g/mol. The summed E-state index contributed by atoms with van der Waals surface area (Å²) in [7, 11) is -4.04. The molecule has 1 aliphatic carbocycles. The van der Waals surface area contributed by atoms with Crippen molar-refractivity contribution in [3.8, 4) is 5.75 Å². The van der Waals surface area contributed by atoms with E-state index in [-0.39, 0.29) is 55.9 Å². The molecule has 1 saturated heterocycles. The first-order chi connectivity index (χ1) is 23.3. The van der Waals surface area contributed by atoms with Gasteiger partial charge in [-0.1, -0.05) is 31.0 Å². The number of ether oxygens (including phenoxy) is 2. The molecule has 266 valence electrons. The Morgan fingerprint density at radius 3 is 2.57 bits per heavy atom. The number of aryl methyl sites for hydroxylation is 1. The molecule has 0 radical (unpaired) electrons. The fourth-order valence-corrected chi connectivity index (χ4v) is 9.30. The molecule has 11 nitrogen and oxygen atoms in total. The van der Waals surface area contributed by atoms with Crippen LogP contribution < -0.4 is 14.4 Å². The lowest BCUT2D eigenvalue weighted by molar-refractivity contribution is -0.142. The summed E-state index contributed by atoms with van der Waals surface area (Å²) in [6.07, 6.45) is 4.38. The third-order valence-corrected chi connectivity index (χ3v) is 13.3. The van der Waals surface area contributed by atoms with Crippen LogP contribution in [0.1, 0.15) is 86.7 Å². The molecule has 3 amide bonds. The van der Waals surface area contributed by atoms with E-state index in [4.69, 9.17) is 21.1 Å². The number of amides is 3. The van der Waals surface area contributed by atoms with Crippen molar-refractivity contribution in [3.63, 3.8) is 0 Å². The van der Waals surface area contributed by atoms with E-state index in [1.807, 2.05) is 25.1 Å². The molecule has 5 atom stereocenters. The highest BCUT2D eigenvalue weighted by atomic mass is 35.5. The second-order valence-electron chi connectivity index (χ2n) is 14.2. The minimum atomic E-state index is -4.04. The number of halogens is 1. The van der Waals surface area contributed by atoms with Gasteiger partial charge in [0, 0.05) is 23.7 Å². The molecule has 6 rings (SSSR count). The van der Waals surface area contributed by atoms with Crippen molar-refractivity contribution in [1.29, 1.82) is 0 Å². The summed E-state index contributed by atoms with van der Waals surface area (Å²) < 4.78 is 40.5. The Morgan fingerprint density at radius 2 is 1.84 bits per heavy atom. The first-order valence-corrected chi connectivity index (χ1v) is 19.3. The molecule has 0 unspecified atom stereocenters. The van der Waals surface area contributed by atoms with E-state index >= 15 is 0 Å². The maximum absolute atomic E-state index is 13.5. The van der Waals surface area contributed by atoms with E-state index in [9.17, 15) is 27.9 Å². The number of carbonyl (C=O) groups is 3. The number of aliphatic hydroxyl groups is 1. The summed E-state index contributed by atoms with van der Waals surface area (Å²) in [4.78, 5) is 42.4. The predicted octanol–water partition coefficient (Wildman–Crippen LogP) is 5.46. The standard InChI is InChI=1S/C36H46ClN3O8S/c1-23-6-5-14-36(44,20-33(41)40-16-17-47-35(40)43)30-12-9-27(30)21-39-15-4-3-7-25-18-29(37)11-8-28(25)22-48-32-13-10-26(19-31(32)39)34(42)38-49(45,46)24(23)2/h8,10-11,13,18-19,23-24,27,30,44H,3-7,9,12,14-17,20-22H2,1-2H3,(H,38,42)/t23-,24+,27-,30+,36-/m0/s1. The predicted molar refractivity (Wildman–Crippen MR) is 185 cm³/mol. The Balaban J connectivity index is 1.37. The van der Waals surface area contributed by atoms with Crippen molar-refractivity contribution in [3.05, 3.63) is 58.1 Å². The van der Waals surface area contributed by atoms with Crippen molar-refractivity contribution in [2.75, 3.05) is 31.1 Å². The molecule has 3 aliphatic heterocycles. The quantitative estimate of drug-likeness (QED) is 0.415. The maximum atomic E-state index is 13.5.